The van der Waals surface area contributed by atoms with Gasteiger partial charge in [0.1, 0.15) is 11.9 Å². The molecule has 0 fully saturated rings. The van der Waals surface area contributed by atoms with Crippen LogP contribution in [0.2, 0.25) is 0 Å². The largest absolute Gasteiger partial charge is 0.480 e. The van der Waals surface area contributed by atoms with Gasteiger partial charge in [0.15, 0.2) is 0 Å². The van der Waals surface area contributed by atoms with Crippen LogP contribution in [-0.4, -0.2) is 35.2 Å². The summed E-state index contributed by atoms with van der Waals surface area (Å²) in [6, 6.07) is 14.2. The summed E-state index contributed by atoms with van der Waals surface area (Å²) in [6.45, 7) is 5.99. The molecule has 1 atom stereocenters. The number of carboxylic acid groups (broad SMARTS) is 1. The number of hydrogen-bond acceptors (Lipinski definition) is 4. The Labute approximate surface area is 193 Å². The standard InChI is InChI=1S/C27H39N3O2/c1-27(2,22-13-7-6-8-14-22)20-29-24(26(31)32)16-10-5-3-4-9-15-23-18-17-21-12-11-19-28-25(21)30-23/h6-8,13-14,17-18,24,29H,3-5,9-12,15-16,19-20H2,1-2H3,(H,28,30)(H,31,32)/t24-/m0/s1. The second kappa shape index (κ2) is 12.0. The summed E-state index contributed by atoms with van der Waals surface area (Å²) < 4.78 is 0. The SMILES string of the molecule is CC(C)(CN[C@@H](CCCCCCCc1ccc2c(n1)NCCC2)C(=O)O)c1ccccc1. The highest BCUT2D eigenvalue weighted by molar-refractivity contribution is 5.73. The van der Waals surface area contributed by atoms with Gasteiger partial charge < -0.3 is 15.7 Å². The summed E-state index contributed by atoms with van der Waals surface area (Å²) in [5.41, 5.74) is 3.64. The highest BCUT2D eigenvalue weighted by Crippen LogP contribution is 2.23. The number of anilines is 1. The summed E-state index contributed by atoms with van der Waals surface area (Å²) in [5, 5.41) is 16.3. The fraction of sp³-hybridized carbons (Fsp3) is 0.556. The summed E-state index contributed by atoms with van der Waals surface area (Å²) in [5.74, 6) is 0.331. The van der Waals surface area contributed by atoms with Crippen molar-refractivity contribution in [3.63, 3.8) is 0 Å². The van der Waals surface area contributed by atoms with Crippen LogP contribution in [0.4, 0.5) is 5.82 Å². The van der Waals surface area contributed by atoms with Gasteiger partial charge in [-0.2, -0.15) is 0 Å². The molecule has 1 aromatic carbocycles. The number of nitrogens with zero attached hydrogens (tertiary/aromatic N) is 1. The second-order valence-electron chi connectivity index (χ2n) is 9.67. The van der Waals surface area contributed by atoms with Crippen molar-refractivity contribution in [2.75, 3.05) is 18.4 Å². The zero-order valence-electron chi connectivity index (χ0n) is 19.7. The number of aliphatic carboxylic acids is 1. The number of unbranched alkanes of at least 4 members (excludes halogenated alkanes) is 4. The van der Waals surface area contributed by atoms with E-state index in [0.29, 0.717) is 13.0 Å². The molecule has 32 heavy (non-hydrogen) atoms. The maximum atomic E-state index is 11.7. The van der Waals surface area contributed by atoms with Crippen LogP contribution >= 0.6 is 0 Å². The van der Waals surface area contributed by atoms with Crippen molar-refractivity contribution in [1.82, 2.24) is 10.3 Å². The molecule has 3 rings (SSSR count). The van der Waals surface area contributed by atoms with Crippen molar-refractivity contribution in [2.45, 2.75) is 83.1 Å². The van der Waals surface area contributed by atoms with E-state index in [1.54, 1.807) is 0 Å². The molecular weight excluding hydrogens is 398 g/mol. The van der Waals surface area contributed by atoms with Crippen LogP contribution in [-0.2, 0) is 23.1 Å². The molecule has 3 N–H and O–H groups in total. The van der Waals surface area contributed by atoms with Gasteiger partial charge in [-0.1, -0.05) is 75.9 Å². The molecule has 0 saturated heterocycles. The fourth-order valence-electron chi connectivity index (χ4n) is 4.38. The molecule has 0 aliphatic carbocycles. The molecule has 5 nitrogen and oxygen atoms in total. The van der Waals surface area contributed by atoms with Crippen LogP contribution in [0.3, 0.4) is 0 Å². The summed E-state index contributed by atoms with van der Waals surface area (Å²) in [7, 11) is 0. The van der Waals surface area contributed by atoms with E-state index in [1.165, 1.54) is 29.7 Å². The second-order valence-corrected chi connectivity index (χ2v) is 9.67. The van der Waals surface area contributed by atoms with Crippen molar-refractivity contribution < 1.29 is 9.90 Å². The predicted molar refractivity (Wildman–Crippen MR) is 131 cm³/mol. The third-order valence-electron chi connectivity index (χ3n) is 6.52. The van der Waals surface area contributed by atoms with E-state index in [1.807, 2.05) is 18.2 Å². The van der Waals surface area contributed by atoms with Gasteiger partial charge in [-0.05, 0) is 49.3 Å². The smallest absolute Gasteiger partial charge is 0.320 e. The first-order chi connectivity index (χ1) is 15.5. The molecule has 0 saturated carbocycles. The van der Waals surface area contributed by atoms with Crippen LogP contribution < -0.4 is 10.6 Å². The average molecular weight is 438 g/mol. The summed E-state index contributed by atoms with van der Waals surface area (Å²) in [4.78, 5) is 16.5. The van der Waals surface area contributed by atoms with E-state index in [0.717, 1.165) is 50.9 Å². The lowest BCUT2D eigenvalue weighted by Gasteiger charge is -2.27. The molecule has 2 aromatic rings. The van der Waals surface area contributed by atoms with Crippen LogP contribution in [0, 0.1) is 0 Å². The molecule has 0 amide bonds. The van der Waals surface area contributed by atoms with Crippen LogP contribution in [0.15, 0.2) is 42.5 Å². The van der Waals surface area contributed by atoms with Gasteiger partial charge >= 0.3 is 5.97 Å². The van der Waals surface area contributed by atoms with Gasteiger partial charge in [-0.3, -0.25) is 4.79 Å². The van der Waals surface area contributed by atoms with E-state index in [2.05, 4.69) is 48.7 Å². The lowest BCUT2D eigenvalue weighted by Crippen LogP contribution is -2.43. The summed E-state index contributed by atoms with van der Waals surface area (Å²) >= 11 is 0. The minimum atomic E-state index is -0.749. The minimum Gasteiger partial charge on any atom is -0.480 e. The van der Waals surface area contributed by atoms with Crippen LogP contribution in [0.1, 0.15) is 75.6 Å². The van der Waals surface area contributed by atoms with Gasteiger partial charge in [0.25, 0.3) is 0 Å². The molecule has 1 aliphatic heterocycles. The monoisotopic (exact) mass is 437 g/mol. The first-order valence-corrected chi connectivity index (χ1v) is 12.2. The number of benzene rings is 1. The highest BCUT2D eigenvalue weighted by atomic mass is 16.4. The molecular formula is C27H39N3O2. The molecule has 1 aromatic heterocycles. The number of aryl methyl sites for hydroxylation is 2. The number of carboxylic acids is 1. The first-order valence-electron chi connectivity index (χ1n) is 12.2. The Kier molecular flexibility index (Phi) is 9.10. The number of hydrogen-bond donors (Lipinski definition) is 3. The highest BCUT2D eigenvalue weighted by Gasteiger charge is 2.24. The van der Waals surface area contributed by atoms with E-state index < -0.39 is 12.0 Å². The third-order valence-corrected chi connectivity index (χ3v) is 6.52. The van der Waals surface area contributed by atoms with E-state index >= 15 is 0 Å². The Morgan fingerprint density at radius 3 is 2.62 bits per heavy atom. The van der Waals surface area contributed by atoms with Gasteiger partial charge in [-0.15, -0.1) is 0 Å². The molecule has 0 radical (unpaired) electrons. The topological polar surface area (TPSA) is 74.2 Å². The number of aromatic nitrogens is 1. The third kappa shape index (κ3) is 7.33. The zero-order chi connectivity index (χ0) is 22.8. The van der Waals surface area contributed by atoms with E-state index in [9.17, 15) is 9.90 Å². The van der Waals surface area contributed by atoms with Crippen LogP contribution in [0.5, 0.6) is 0 Å². The average Bonchev–Trinajstić information content (AvgIpc) is 2.80. The predicted octanol–water partition coefficient (Wildman–Crippen LogP) is 5.34. The molecule has 0 spiro atoms. The zero-order valence-corrected chi connectivity index (χ0v) is 19.7. The fourth-order valence-corrected chi connectivity index (χ4v) is 4.38. The van der Waals surface area contributed by atoms with Crippen molar-refractivity contribution in [3.8, 4) is 0 Å². The summed E-state index contributed by atoms with van der Waals surface area (Å²) in [6.07, 6.45) is 9.48. The number of pyridine rings is 1. The van der Waals surface area contributed by atoms with E-state index in [4.69, 9.17) is 4.98 Å². The molecule has 5 heteroatoms. The Bertz CT molecular complexity index is 851. The van der Waals surface area contributed by atoms with E-state index in [-0.39, 0.29) is 5.41 Å². The molecule has 2 heterocycles. The maximum absolute atomic E-state index is 11.7. The number of fused-ring (bicyclic) bond motifs is 1. The Morgan fingerprint density at radius 1 is 1.09 bits per heavy atom. The normalized spacial score (nSPS) is 14.4. The maximum Gasteiger partial charge on any atom is 0.320 e. The first kappa shape index (κ1) is 24.2. The van der Waals surface area contributed by atoms with Gasteiger partial charge in [0.2, 0.25) is 0 Å². The van der Waals surface area contributed by atoms with Crippen molar-refractivity contribution in [2.24, 2.45) is 0 Å². The van der Waals surface area contributed by atoms with Crippen molar-refractivity contribution >= 4 is 11.8 Å². The minimum absolute atomic E-state index is 0.102. The number of rotatable bonds is 13. The molecule has 174 valence electrons. The lowest BCUT2D eigenvalue weighted by molar-refractivity contribution is -0.139. The molecule has 0 unspecified atom stereocenters. The van der Waals surface area contributed by atoms with Crippen molar-refractivity contribution in [3.05, 3.63) is 59.3 Å². The van der Waals surface area contributed by atoms with Gasteiger partial charge in [-0.25, -0.2) is 4.98 Å². The Morgan fingerprint density at radius 2 is 1.84 bits per heavy atom. The number of carbonyl (C=O) groups is 1. The molecule has 0 bridgehead atoms. The van der Waals surface area contributed by atoms with Gasteiger partial charge in [0, 0.05) is 24.2 Å². The Balaban J connectivity index is 1.31. The van der Waals surface area contributed by atoms with Crippen LogP contribution in [0.25, 0.3) is 0 Å². The Hall–Kier alpha value is -2.40. The van der Waals surface area contributed by atoms with Crippen molar-refractivity contribution in [1.29, 1.82) is 0 Å². The number of nitrogens with one attached hydrogen (secondary N) is 2. The lowest BCUT2D eigenvalue weighted by atomic mass is 9.84. The quantitative estimate of drug-likeness (QED) is 0.369. The van der Waals surface area contributed by atoms with Gasteiger partial charge in [0.05, 0.1) is 0 Å². The molecule has 1 aliphatic rings.